The first-order valence-corrected chi connectivity index (χ1v) is 11.1. The molecule has 0 bridgehead atoms. The SMILES string of the molecule is COCC(COc1ccc(F)cc1)NCc1ccc([C@H](NS(C)(=O)=O)C(F)(F)F)cc1.Cl. The summed E-state index contributed by atoms with van der Waals surface area (Å²) < 4.78 is 87.6. The third kappa shape index (κ3) is 9.70. The van der Waals surface area contributed by atoms with Crippen LogP contribution in [-0.2, 0) is 21.3 Å². The molecule has 0 fully saturated rings. The van der Waals surface area contributed by atoms with Crippen LogP contribution in [0.5, 0.6) is 5.75 Å². The molecule has 180 valence electrons. The van der Waals surface area contributed by atoms with E-state index in [2.05, 4.69) is 5.32 Å². The van der Waals surface area contributed by atoms with Crippen LogP contribution in [0.25, 0.3) is 0 Å². The van der Waals surface area contributed by atoms with Gasteiger partial charge < -0.3 is 14.8 Å². The third-order valence-electron chi connectivity index (χ3n) is 4.20. The standard InChI is InChI=1S/C20H24F4N2O4S.ClH/c1-29-12-17(13-30-18-9-7-16(21)8-10-18)25-11-14-3-5-15(6-4-14)19(20(22,23)24)26-31(2,27)28;/h3-10,17,19,25-26H,11-13H2,1-2H3;1H/t17?,19-;/m0./s1. The molecule has 0 amide bonds. The molecule has 0 saturated carbocycles. The summed E-state index contributed by atoms with van der Waals surface area (Å²) in [5.41, 5.74) is 0.474. The van der Waals surface area contributed by atoms with E-state index in [1.165, 1.54) is 55.6 Å². The van der Waals surface area contributed by atoms with Crippen molar-refractivity contribution in [2.24, 2.45) is 0 Å². The minimum absolute atomic E-state index is 0. The van der Waals surface area contributed by atoms with Crippen LogP contribution >= 0.6 is 12.4 Å². The van der Waals surface area contributed by atoms with Gasteiger partial charge in [0, 0.05) is 13.7 Å². The van der Waals surface area contributed by atoms with Gasteiger partial charge in [-0.25, -0.2) is 12.8 Å². The summed E-state index contributed by atoms with van der Waals surface area (Å²) in [6.45, 7) is 0.858. The van der Waals surface area contributed by atoms with E-state index in [4.69, 9.17) is 9.47 Å². The summed E-state index contributed by atoms with van der Waals surface area (Å²) >= 11 is 0. The molecule has 2 rings (SSSR count). The molecule has 0 heterocycles. The number of hydrogen-bond acceptors (Lipinski definition) is 5. The molecule has 2 aromatic carbocycles. The zero-order chi connectivity index (χ0) is 23.1. The number of hydrogen-bond donors (Lipinski definition) is 2. The lowest BCUT2D eigenvalue weighted by atomic mass is 10.0. The van der Waals surface area contributed by atoms with Crippen molar-refractivity contribution in [2.75, 3.05) is 26.6 Å². The second-order valence-electron chi connectivity index (χ2n) is 6.90. The predicted molar refractivity (Wildman–Crippen MR) is 115 cm³/mol. The van der Waals surface area contributed by atoms with Crippen molar-refractivity contribution in [3.05, 3.63) is 65.5 Å². The highest BCUT2D eigenvalue weighted by Gasteiger charge is 2.42. The molecule has 1 unspecified atom stereocenters. The maximum atomic E-state index is 13.2. The smallest absolute Gasteiger partial charge is 0.408 e. The van der Waals surface area contributed by atoms with Crippen molar-refractivity contribution in [3.63, 3.8) is 0 Å². The lowest BCUT2D eigenvalue weighted by Crippen LogP contribution is -2.38. The highest BCUT2D eigenvalue weighted by atomic mass is 35.5. The summed E-state index contributed by atoms with van der Waals surface area (Å²) in [5, 5.41) is 3.18. The second kappa shape index (κ2) is 12.4. The van der Waals surface area contributed by atoms with Crippen LogP contribution < -0.4 is 14.8 Å². The number of nitrogens with one attached hydrogen (secondary N) is 2. The van der Waals surface area contributed by atoms with Gasteiger partial charge in [0.1, 0.15) is 24.2 Å². The Kier molecular flexibility index (Phi) is 10.9. The fraction of sp³-hybridized carbons (Fsp3) is 0.400. The zero-order valence-corrected chi connectivity index (χ0v) is 19.0. The molecule has 0 aliphatic rings. The highest BCUT2D eigenvalue weighted by Crippen LogP contribution is 2.33. The topological polar surface area (TPSA) is 76.7 Å². The first kappa shape index (κ1) is 28.1. The average molecular weight is 501 g/mol. The molecule has 2 atom stereocenters. The monoisotopic (exact) mass is 500 g/mol. The Hall–Kier alpha value is -1.92. The molecular weight excluding hydrogens is 476 g/mol. The number of benzene rings is 2. The van der Waals surface area contributed by atoms with Gasteiger partial charge in [0.2, 0.25) is 10.0 Å². The number of rotatable bonds is 11. The minimum Gasteiger partial charge on any atom is -0.492 e. The lowest BCUT2D eigenvalue weighted by molar-refractivity contribution is -0.153. The average Bonchev–Trinajstić information content (AvgIpc) is 2.68. The normalized spacial score (nSPS) is 13.8. The molecule has 2 N–H and O–H groups in total. The van der Waals surface area contributed by atoms with E-state index in [0.29, 0.717) is 30.7 Å². The molecule has 12 heteroatoms. The third-order valence-corrected chi connectivity index (χ3v) is 4.86. The summed E-state index contributed by atoms with van der Waals surface area (Å²) in [7, 11) is -2.53. The van der Waals surface area contributed by atoms with Crippen LogP contribution in [0, 0.1) is 5.82 Å². The molecule has 0 saturated heterocycles. The summed E-state index contributed by atoms with van der Waals surface area (Å²) in [6, 6.07) is 8.43. The summed E-state index contributed by atoms with van der Waals surface area (Å²) in [6.07, 6.45) is -4.10. The highest BCUT2D eigenvalue weighted by molar-refractivity contribution is 7.88. The van der Waals surface area contributed by atoms with Gasteiger partial charge in [-0.15, -0.1) is 12.4 Å². The minimum atomic E-state index is -4.77. The van der Waals surface area contributed by atoms with Gasteiger partial charge in [-0.05, 0) is 35.4 Å². The van der Waals surface area contributed by atoms with Crippen LogP contribution in [0.1, 0.15) is 17.2 Å². The van der Waals surface area contributed by atoms with Gasteiger partial charge in [0.25, 0.3) is 0 Å². The molecular formula is C20H25ClF4N2O4S. The van der Waals surface area contributed by atoms with Crippen molar-refractivity contribution in [2.45, 2.75) is 24.8 Å². The van der Waals surface area contributed by atoms with E-state index in [0.717, 1.165) is 0 Å². The van der Waals surface area contributed by atoms with E-state index in [9.17, 15) is 26.0 Å². The van der Waals surface area contributed by atoms with Gasteiger partial charge in [-0.2, -0.15) is 17.9 Å². The molecule has 0 spiro atoms. The van der Waals surface area contributed by atoms with Crippen LogP contribution in [0.3, 0.4) is 0 Å². The Morgan fingerprint density at radius 3 is 2.09 bits per heavy atom. The van der Waals surface area contributed by atoms with Crippen LogP contribution in [0.2, 0.25) is 0 Å². The van der Waals surface area contributed by atoms with Gasteiger partial charge in [0.05, 0.1) is 18.9 Å². The van der Waals surface area contributed by atoms with Crippen molar-refractivity contribution >= 4 is 22.4 Å². The van der Waals surface area contributed by atoms with Crippen LogP contribution in [0.4, 0.5) is 17.6 Å². The number of ether oxygens (including phenoxy) is 2. The van der Waals surface area contributed by atoms with Gasteiger partial charge in [-0.1, -0.05) is 24.3 Å². The fourth-order valence-corrected chi connectivity index (χ4v) is 3.42. The van der Waals surface area contributed by atoms with Crippen LogP contribution in [0.15, 0.2) is 48.5 Å². The lowest BCUT2D eigenvalue weighted by Gasteiger charge is -2.22. The van der Waals surface area contributed by atoms with E-state index in [-0.39, 0.29) is 36.4 Å². The van der Waals surface area contributed by atoms with Crippen molar-refractivity contribution < 1.29 is 35.5 Å². The first-order valence-electron chi connectivity index (χ1n) is 9.21. The largest absolute Gasteiger partial charge is 0.492 e. The van der Waals surface area contributed by atoms with Crippen molar-refractivity contribution in [3.8, 4) is 5.75 Å². The van der Waals surface area contributed by atoms with E-state index >= 15 is 0 Å². The first-order chi connectivity index (χ1) is 14.5. The quantitative estimate of drug-likeness (QED) is 0.461. The number of alkyl halides is 3. The molecule has 2 aromatic rings. The van der Waals surface area contributed by atoms with E-state index in [1.807, 2.05) is 0 Å². The molecule has 6 nitrogen and oxygen atoms in total. The fourth-order valence-electron chi connectivity index (χ4n) is 2.72. The summed E-state index contributed by atoms with van der Waals surface area (Å²) in [5.74, 6) is 0.118. The van der Waals surface area contributed by atoms with Gasteiger partial charge >= 0.3 is 6.18 Å². The Balaban J connectivity index is 0.00000512. The van der Waals surface area contributed by atoms with Gasteiger partial charge in [-0.3, -0.25) is 0 Å². The van der Waals surface area contributed by atoms with Crippen molar-refractivity contribution in [1.82, 2.24) is 10.0 Å². The molecule has 0 aromatic heterocycles. The number of halogens is 5. The molecule has 0 aliphatic carbocycles. The molecule has 0 aliphatic heterocycles. The summed E-state index contributed by atoms with van der Waals surface area (Å²) in [4.78, 5) is 0. The predicted octanol–water partition coefficient (Wildman–Crippen LogP) is 3.58. The van der Waals surface area contributed by atoms with Crippen molar-refractivity contribution in [1.29, 1.82) is 0 Å². The second-order valence-corrected chi connectivity index (χ2v) is 8.68. The Bertz CT molecular complexity index is 926. The maximum Gasteiger partial charge on any atom is 0.408 e. The van der Waals surface area contributed by atoms with Crippen LogP contribution in [-0.4, -0.2) is 47.2 Å². The zero-order valence-electron chi connectivity index (χ0n) is 17.4. The molecule has 0 radical (unpaired) electrons. The Labute approximate surface area is 190 Å². The number of methoxy groups -OCH3 is 1. The number of sulfonamides is 1. The Morgan fingerprint density at radius 2 is 1.59 bits per heavy atom. The molecule has 32 heavy (non-hydrogen) atoms. The van der Waals surface area contributed by atoms with E-state index in [1.54, 1.807) is 4.72 Å². The van der Waals surface area contributed by atoms with Gasteiger partial charge in [0.15, 0.2) is 0 Å². The van der Waals surface area contributed by atoms with E-state index < -0.39 is 22.2 Å². The maximum absolute atomic E-state index is 13.2. The Morgan fingerprint density at radius 1 is 1.00 bits per heavy atom.